The van der Waals surface area contributed by atoms with E-state index in [-0.39, 0.29) is 5.69 Å². The fraction of sp³-hybridized carbons (Fsp3) is 0.385. The van der Waals surface area contributed by atoms with E-state index < -0.39 is 59.8 Å². The largest absolute Gasteiger partial charge is 0.406 e. The van der Waals surface area contributed by atoms with Crippen LogP contribution in [0.15, 0.2) is 18.2 Å². The lowest BCUT2D eigenvalue weighted by Crippen LogP contribution is -2.36. The molecule has 1 aliphatic heterocycles. The Morgan fingerprint density at radius 1 is 1.42 bits per heavy atom. The number of nitro groups is 1. The predicted molar refractivity (Wildman–Crippen MR) is 72.4 cm³/mol. The summed E-state index contributed by atoms with van der Waals surface area (Å²) in [6.07, 6.45) is -4.97. The van der Waals surface area contributed by atoms with Crippen LogP contribution in [0.25, 0.3) is 0 Å². The van der Waals surface area contributed by atoms with Crippen LogP contribution in [0, 0.1) is 21.8 Å². The van der Waals surface area contributed by atoms with Crippen LogP contribution in [0.3, 0.4) is 0 Å². The monoisotopic (exact) mass is 349 g/mol. The summed E-state index contributed by atoms with van der Waals surface area (Å²) in [5.74, 6) is -3.69. The van der Waals surface area contributed by atoms with Crippen molar-refractivity contribution in [1.29, 1.82) is 0 Å². The maximum absolute atomic E-state index is 13.2. The van der Waals surface area contributed by atoms with Gasteiger partial charge in [-0.05, 0) is 12.1 Å². The van der Waals surface area contributed by atoms with Crippen LogP contribution in [0.1, 0.15) is 6.42 Å². The summed E-state index contributed by atoms with van der Waals surface area (Å²) in [7, 11) is 0. The third-order valence-corrected chi connectivity index (χ3v) is 3.37. The second kappa shape index (κ2) is 6.42. The van der Waals surface area contributed by atoms with Crippen LogP contribution in [-0.2, 0) is 9.59 Å². The second-order valence-corrected chi connectivity index (χ2v) is 5.20. The van der Waals surface area contributed by atoms with Gasteiger partial charge in [-0.2, -0.15) is 17.6 Å². The number of likely N-dealkylation sites (tertiary alicyclic amines) is 1. The maximum atomic E-state index is 13.2. The Balaban J connectivity index is 2.05. The first kappa shape index (κ1) is 17.6. The van der Waals surface area contributed by atoms with E-state index in [1.807, 2.05) is 0 Å². The van der Waals surface area contributed by atoms with Crippen LogP contribution in [0.5, 0.6) is 0 Å². The summed E-state index contributed by atoms with van der Waals surface area (Å²) >= 11 is 0. The molecule has 130 valence electrons. The molecule has 0 spiro atoms. The van der Waals surface area contributed by atoms with E-state index in [9.17, 15) is 37.3 Å². The Hall–Kier alpha value is -2.72. The molecular formula is C13H11F4N3O4. The number of alkyl halides is 3. The van der Waals surface area contributed by atoms with Crippen molar-refractivity contribution < 1.29 is 32.1 Å². The Morgan fingerprint density at radius 2 is 2.08 bits per heavy atom. The molecule has 1 atom stereocenters. The number of carbonyl (C=O) groups is 2. The molecule has 1 fully saturated rings. The first-order chi connectivity index (χ1) is 11.1. The summed E-state index contributed by atoms with van der Waals surface area (Å²) in [5.41, 5.74) is -0.941. The summed E-state index contributed by atoms with van der Waals surface area (Å²) < 4.78 is 50.2. The Kier molecular flexibility index (Phi) is 4.71. The molecule has 1 unspecified atom stereocenters. The van der Waals surface area contributed by atoms with Gasteiger partial charge in [0.1, 0.15) is 6.54 Å². The van der Waals surface area contributed by atoms with Gasteiger partial charge in [-0.3, -0.25) is 19.7 Å². The van der Waals surface area contributed by atoms with Crippen molar-refractivity contribution >= 4 is 23.2 Å². The molecule has 11 heteroatoms. The van der Waals surface area contributed by atoms with Gasteiger partial charge in [0.15, 0.2) is 0 Å². The van der Waals surface area contributed by atoms with Crippen molar-refractivity contribution in [2.24, 2.45) is 5.92 Å². The molecule has 1 heterocycles. The second-order valence-electron chi connectivity index (χ2n) is 5.20. The van der Waals surface area contributed by atoms with Gasteiger partial charge in [-0.1, -0.05) is 0 Å². The van der Waals surface area contributed by atoms with Gasteiger partial charge in [0.05, 0.1) is 10.8 Å². The summed E-state index contributed by atoms with van der Waals surface area (Å²) in [4.78, 5) is 33.7. The van der Waals surface area contributed by atoms with Crippen molar-refractivity contribution in [2.75, 3.05) is 18.4 Å². The number of carbonyl (C=O) groups excluding carboxylic acids is 2. The number of benzene rings is 1. The van der Waals surface area contributed by atoms with Crippen molar-refractivity contribution in [3.63, 3.8) is 0 Å². The van der Waals surface area contributed by atoms with Gasteiger partial charge in [-0.15, -0.1) is 0 Å². The van der Waals surface area contributed by atoms with Gasteiger partial charge in [0.2, 0.25) is 17.6 Å². The van der Waals surface area contributed by atoms with Gasteiger partial charge in [0, 0.05) is 24.7 Å². The number of anilines is 1. The Morgan fingerprint density at radius 3 is 2.67 bits per heavy atom. The number of nitrogens with one attached hydrogen (secondary N) is 1. The van der Waals surface area contributed by atoms with E-state index in [2.05, 4.69) is 5.32 Å². The maximum Gasteiger partial charge on any atom is 0.406 e. The number of amides is 2. The van der Waals surface area contributed by atoms with E-state index >= 15 is 0 Å². The van der Waals surface area contributed by atoms with Gasteiger partial charge in [0.25, 0.3) is 0 Å². The molecule has 1 aromatic rings. The highest BCUT2D eigenvalue weighted by atomic mass is 19.4. The van der Waals surface area contributed by atoms with Gasteiger partial charge >= 0.3 is 11.9 Å². The van der Waals surface area contributed by atoms with Crippen molar-refractivity contribution in [3.05, 3.63) is 34.1 Å². The molecule has 0 aromatic heterocycles. The van der Waals surface area contributed by atoms with Crippen LogP contribution >= 0.6 is 0 Å². The highest BCUT2D eigenvalue weighted by Crippen LogP contribution is 2.26. The smallest absolute Gasteiger partial charge is 0.333 e. The standard InChI is InChI=1S/C13H11F4N3O4/c14-9-2-1-8(4-10(9)20(23)24)18-12(22)7-3-11(21)19(5-7)6-13(15,16)17/h1-2,4,7H,3,5-6H2,(H,18,22). The van der Waals surface area contributed by atoms with Gasteiger partial charge in [-0.25, -0.2) is 0 Å². The normalized spacial score (nSPS) is 17.9. The lowest BCUT2D eigenvalue weighted by atomic mass is 10.1. The third-order valence-electron chi connectivity index (χ3n) is 3.37. The minimum absolute atomic E-state index is 0.0881. The fourth-order valence-electron chi connectivity index (χ4n) is 2.29. The molecule has 0 saturated carbocycles. The minimum Gasteiger partial charge on any atom is -0.333 e. The van der Waals surface area contributed by atoms with Crippen LogP contribution in [0.4, 0.5) is 28.9 Å². The Bertz CT molecular complexity index is 692. The molecule has 0 bridgehead atoms. The molecule has 2 rings (SSSR count). The van der Waals surface area contributed by atoms with Crippen molar-refractivity contribution in [2.45, 2.75) is 12.6 Å². The number of nitro benzene ring substituents is 1. The molecule has 0 aliphatic carbocycles. The average Bonchev–Trinajstić information content (AvgIpc) is 2.80. The first-order valence-electron chi connectivity index (χ1n) is 6.66. The lowest BCUT2D eigenvalue weighted by molar-refractivity contribution is -0.387. The van der Waals surface area contributed by atoms with Crippen LogP contribution < -0.4 is 5.32 Å². The van der Waals surface area contributed by atoms with Gasteiger partial charge < -0.3 is 10.2 Å². The summed E-state index contributed by atoms with van der Waals surface area (Å²) in [6.45, 7) is -1.86. The zero-order valence-electron chi connectivity index (χ0n) is 12.0. The molecule has 7 nitrogen and oxygen atoms in total. The molecule has 0 radical (unpaired) electrons. The number of nitrogens with zero attached hydrogens (tertiary/aromatic N) is 2. The molecule has 1 aromatic carbocycles. The predicted octanol–water partition coefficient (Wildman–Crippen LogP) is 2.08. The average molecular weight is 349 g/mol. The molecule has 24 heavy (non-hydrogen) atoms. The molecule has 1 saturated heterocycles. The number of rotatable bonds is 4. The summed E-state index contributed by atoms with van der Waals surface area (Å²) in [6, 6.07) is 2.64. The van der Waals surface area contributed by atoms with E-state index in [0.717, 1.165) is 18.2 Å². The van der Waals surface area contributed by atoms with Crippen LogP contribution in [0.2, 0.25) is 0 Å². The van der Waals surface area contributed by atoms with E-state index in [4.69, 9.17) is 0 Å². The van der Waals surface area contributed by atoms with E-state index in [1.165, 1.54) is 0 Å². The zero-order chi connectivity index (χ0) is 18.1. The van der Waals surface area contributed by atoms with E-state index in [1.54, 1.807) is 0 Å². The number of hydrogen-bond acceptors (Lipinski definition) is 4. The van der Waals surface area contributed by atoms with Crippen molar-refractivity contribution in [3.8, 4) is 0 Å². The zero-order valence-corrected chi connectivity index (χ0v) is 12.0. The minimum atomic E-state index is -4.57. The number of hydrogen-bond donors (Lipinski definition) is 1. The number of halogens is 4. The molecule has 2 amide bonds. The highest BCUT2D eigenvalue weighted by Gasteiger charge is 2.40. The van der Waals surface area contributed by atoms with Crippen LogP contribution in [-0.4, -0.2) is 40.9 Å². The first-order valence-corrected chi connectivity index (χ1v) is 6.66. The Labute approximate surface area is 132 Å². The molecule has 1 N–H and O–H groups in total. The highest BCUT2D eigenvalue weighted by molar-refractivity contribution is 5.97. The third kappa shape index (κ3) is 4.18. The lowest BCUT2D eigenvalue weighted by Gasteiger charge is -2.18. The fourth-order valence-corrected chi connectivity index (χ4v) is 2.29. The molecule has 1 aliphatic rings. The molecular weight excluding hydrogens is 338 g/mol. The van der Waals surface area contributed by atoms with Crippen molar-refractivity contribution in [1.82, 2.24) is 4.90 Å². The quantitative estimate of drug-likeness (QED) is 0.512. The SMILES string of the molecule is O=C(Nc1ccc(F)c([N+](=O)[O-])c1)C1CC(=O)N(CC(F)(F)F)C1. The topological polar surface area (TPSA) is 92.5 Å². The van der Waals surface area contributed by atoms with E-state index in [0.29, 0.717) is 4.90 Å². The summed E-state index contributed by atoms with van der Waals surface area (Å²) in [5, 5.41) is 12.9.